The van der Waals surface area contributed by atoms with Gasteiger partial charge < -0.3 is 4.40 Å². The van der Waals surface area contributed by atoms with Gasteiger partial charge in [0.05, 0.1) is 15.7 Å². The fourth-order valence-electron chi connectivity index (χ4n) is 1.89. The van der Waals surface area contributed by atoms with E-state index in [0.29, 0.717) is 10.0 Å². The van der Waals surface area contributed by atoms with Gasteiger partial charge in [0.15, 0.2) is 5.65 Å². The maximum Gasteiger partial charge on any atom is 0.156 e. The van der Waals surface area contributed by atoms with Crippen LogP contribution in [-0.2, 0) is 0 Å². The van der Waals surface area contributed by atoms with Gasteiger partial charge in [-0.1, -0.05) is 53.5 Å². The topological polar surface area (TPSA) is 17.3 Å². The molecule has 3 aromatic rings. The molecule has 0 aliphatic carbocycles. The lowest BCUT2D eigenvalue weighted by Gasteiger charge is -2.02. The Bertz CT molecular complexity index is 717. The molecule has 2 nitrogen and oxygen atoms in total. The van der Waals surface area contributed by atoms with Gasteiger partial charge in [-0.05, 0) is 12.5 Å². The Morgan fingerprint density at radius 1 is 1.06 bits per heavy atom. The van der Waals surface area contributed by atoms with Crippen LogP contribution in [0.25, 0.3) is 16.9 Å². The molecular weight excluding hydrogens is 267 g/mol. The van der Waals surface area contributed by atoms with E-state index in [1.165, 1.54) is 0 Å². The van der Waals surface area contributed by atoms with Crippen LogP contribution in [0.4, 0.5) is 0 Å². The molecule has 0 atom stereocenters. The number of fused-ring (bicyclic) bond motifs is 1. The Morgan fingerprint density at radius 3 is 2.50 bits per heavy atom. The number of halogens is 2. The van der Waals surface area contributed by atoms with E-state index in [-0.39, 0.29) is 0 Å². The SMILES string of the molecule is Cc1c(Cl)cn2cc(-c3ccccc3)nc2c1Cl. The number of imidazole rings is 1. The quantitative estimate of drug-likeness (QED) is 0.634. The minimum Gasteiger partial charge on any atom is -0.304 e. The van der Waals surface area contributed by atoms with Gasteiger partial charge >= 0.3 is 0 Å². The Balaban J connectivity index is 2.27. The third-order valence-corrected chi connectivity index (χ3v) is 3.77. The molecule has 2 aromatic heterocycles. The van der Waals surface area contributed by atoms with Gasteiger partial charge in [-0.15, -0.1) is 0 Å². The maximum absolute atomic E-state index is 6.26. The molecule has 0 saturated carbocycles. The lowest BCUT2D eigenvalue weighted by Crippen LogP contribution is -1.88. The molecule has 18 heavy (non-hydrogen) atoms. The highest BCUT2D eigenvalue weighted by Gasteiger charge is 2.11. The van der Waals surface area contributed by atoms with Crippen molar-refractivity contribution in [1.29, 1.82) is 0 Å². The first-order chi connectivity index (χ1) is 8.66. The van der Waals surface area contributed by atoms with Crippen LogP contribution in [-0.4, -0.2) is 9.38 Å². The maximum atomic E-state index is 6.26. The number of benzene rings is 1. The molecule has 0 amide bonds. The number of hydrogen-bond acceptors (Lipinski definition) is 1. The number of hydrogen-bond donors (Lipinski definition) is 0. The van der Waals surface area contributed by atoms with E-state index in [4.69, 9.17) is 23.2 Å². The van der Waals surface area contributed by atoms with Crippen LogP contribution in [0.1, 0.15) is 5.56 Å². The zero-order valence-corrected chi connectivity index (χ0v) is 11.2. The monoisotopic (exact) mass is 276 g/mol. The molecule has 0 fully saturated rings. The molecule has 0 spiro atoms. The van der Waals surface area contributed by atoms with Crippen molar-refractivity contribution in [1.82, 2.24) is 9.38 Å². The first kappa shape index (κ1) is 11.6. The van der Waals surface area contributed by atoms with Crippen molar-refractivity contribution >= 4 is 28.8 Å². The highest BCUT2D eigenvalue weighted by Crippen LogP contribution is 2.29. The number of aromatic nitrogens is 2. The Labute approximate surface area is 115 Å². The normalized spacial score (nSPS) is 11.1. The lowest BCUT2D eigenvalue weighted by atomic mass is 10.2. The summed E-state index contributed by atoms with van der Waals surface area (Å²) in [6, 6.07) is 9.99. The van der Waals surface area contributed by atoms with Crippen molar-refractivity contribution < 1.29 is 0 Å². The zero-order chi connectivity index (χ0) is 12.7. The van der Waals surface area contributed by atoms with Crippen LogP contribution in [0.2, 0.25) is 10.0 Å². The predicted octanol–water partition coefficient (Wildman–Crippen LogP) is 4.62. The lowest BCUT2D eigenvalue weighted by molar-refractivity contribution is 1.17. The van der Waals surface area contributed by atoms with Gasteiger partial charge in [-0.25, -0.2) is 4.98 Å². The summed E-state index contributed by atoms with van der Waals surface area (Å²) < 4.78 is 1.86. The minimum absolute atomic E-state index is 0.602. The van der Waals surface area contributed by atoms with Crippen LogP contribution >= 0.6 is 23.2 Å². The van der Waals surface area contributed by atoms with E-state index in [2.05, 4.69) is 4.98 Å². The molecule has 3 rings (SSSR count). The van der Waals surface area contributed by atoms with Crippen molar-refractivity contribution in [2.45, 2.75) is 6.92 Å². The van der Waals surface area contributed by atoms with Gasteiger partial charge in [-0.2, -0.15) is 0 Å². The van der Waals surface area contributed by atoms with Crippen LogP contribution in [0.15, 0.2) is 42.7 Å². The summed E-state index contributed by atoms with van der Waals surface area (Å²) in [6.07, 6.45) is 3.76. The molecule has 1 aromatic carbocycles. The second kappa shape index (κ2) is 4.30. The Hall–Kier alpha value is -1.51. The zero-order valence-electron chi connectivity index (χ0n) is 9.69. The average molecular weight is 277 g/mol. The number of nitrogens with zero attached hydrogens (tertiary/aromatic N) is 2. The third kappa shape index (κ3) is 1.78. The van der Waals surface area contributed by atoms with Gasteiger partial charge in [0.25, 0.3) is 0 Å². The summed E-state index contributed by atoms with van der Waals surface area (Å²) in [5.74, 6) is 0. The van der Waals surface area contributed by atoms with Crippen molar-refractivity contribution in [3.63, 3.8) is 0 Å². The van der Waals surface area contributed by atoms with E-state index in [1.807, 2.05) is 54.0 Å². The van der Waals surface area contributed by atoms with Crippen molar-refractivity contribution in [3.8, 4) is 11.3 Å². The summed E-state index contributed by atoms with van der Waals surface area (Å²) in [6.45, 7) is 1.89. The van der Waals surface area contributed by atoms with Crippen molar-refractivity contribution in [2.24, 2.45) is 0 Å². The standard InChI is InChI=1S/C14H10Cl2N2/c1-9-11(15)7-18-8-12(17-14(18)13(9)16)10-5-3-2-4-6-10/h2-8H,1H3. The van der Waals surface area contributed by atoms with Crippen LogP contribution in [0, 0.1) is 6.92 Å². The molecule has 0 aliphatic heterocycles. The van der Waals surface area contributed by atoms with Crippen LogP contribution in [0.5, 0.6) is 0 Å². The summed E-state index contributed by atoms with van der Waals surface area (Å²) in [5, 5.41) is 1.24. The van der Waals surface area contributed by atoms with E-state index in [9.17, 15) is 0 Å². The number of pyridine rings is 1. The third-order valence-electron chi connectivity index (χ3n) is 2.94. The molecule has 4 heteroatoms. The van der Waals surface area contributed by atoms with Crippen LogP contribution < -0.4 is 0 Å². The highest BCUT2D eigenvalue weighted by atomic mass is 35.5. The van der Waals surface area contributed by atoms with E-state index in [0.717, 1.165) is 22.5 Å². The molecule has 0 saturated heterocycles. The van der Waals surface area contributed by atoms with Crippen LogP contribution in [0.3, 0.4) is 0 Å². The first-order valence-electron chi connectivity index (χ1n) is 5.55. The Kier molecular flexibility index (Phi) is 2.77. The second-order valence-corrected chi connectivity index (χ2v) is 4.92. The Morgan fingerprint density at radius 2 is 1.78 bits per heavy atom. The van der Waals surface area contributed by atoms with Gasteiger partial charge in [0.2, 0.25) is 0 Å². The van der Waals surface area contributed by atoms with Crippen molar-refractivity contribution in [3.05, 3.63) is 58.3 Å². The molecule has 90 valence electrons. The van der Waals surface area contributed by atoms with Gasteiger partial charge in [0, 0.05) is 18.0 Å². The molecule has 2 heterocycles. The van der Waals surface area contributed by atoms with Gasteiger partial charge in [0.1, 0.15) is 0 Å². The summed E-state index contributed by atoms with van der Waals surface area (Å²) in [4.78, 5) is 4.56. The predicted molar refractivity (Wildman–Crippen MR) is 75.4 cm³/mol. The molecule has 0 unspecified atom stereocenters. The molecule has 0 aliphatic rings. The van der Waals surface area contributed by atoms with E-state index >= 15 is 0 Å². The van der Waals surface area contributed by atoms with E-state index < -0.39 is 0 Å². The summed E-state index contributed by atoms with van der Waals surface area (Å²) in [7, 11) is 0. The smallest absolute Gasteiger partial charge is 0.156 e. The summed E-state index contributed by atoms with van der Waals surface area (Å²) in [5.41, 5.74) is 3.54. The highest BCUT2D eigenvalue weighted by molar-refractivity contribution is 6.37. The summed E-state index contributed by atoms with van der Waals surface area (Å²) >= 11 is 12.4. The second-order valence-electron chi connectivity index (χ2n) is 4.14. The minimum atomic E-state index is 0.602. The largest absolute Gasteiger partial charge is 0.304 e. The fraction of sp³-hybridized carbons (Fsp3) is 0.0714. The molecular formula is C14H10Cl2N2. The molecule has 0 N–H and O–H groups in total. The van der Waals surface area contributed by atoms with E-state index in [1.54, 1.807) is 0 Å². The van der Waals surface area contributed by atoms with Crippen molar-refractivity contribution in [2.75, 3.05) is 0 Å². The number of rotatable bonds is 1. The average Bonchev–Trinajstić information content (AvgIpc) is 2.81. The first-order valence-corrected chi connectivity index (χ1v) is 6.31. The van der Waals surface area contributed by atoms with Gasteiger partial charge in [-0.3, -0.25) is 0 Å². The molecule has 0 bridgehead atoms. The molecule has 0 radical (unpaired) electrons. The fourth-order valence-corrected chi connectivity index (χ4v) is 2.38.